The first-order valence-corrected chi connectivity index (χ1v) is 17.3. The van der Waals surface area contributed by atoms with E-state index in [1.807, 2.05) is 48.5 Å². The molecule has 0 aliphatic rings. The number of carbonyl (C=O) groups excluding carboxylic acids is 2. The quantitative estimate of drug-likeness (QED) is 0.138. The zero-order valence-electron chi connectivity index (χ0n) is 26.0. The maximum absolute atomic E-state index is 14.5. The van der Waals surface area contributed by atoms with Gasteiger partial charge in [-0.25, -0.2) is 8.42 Å². The average molecular weight is 703 g/mol. The lowest BCUT2D eigenvalue weighted by Gasteiger charge is -2.34. The Morgan fingerprint density at radius 1 is 0.729 bits per heavy atom. The number of nitrogens with zero attached hydrogens (tertiary/aromatic N) is 2. The number of carbonyl (C=O) groups is 2. The van der Waals surface area contributed by atoms with Gasteiger partial charge >= 0.3 is 0 Å². The van der Waals surface area contributed by atoms with Gasteiger partial charge in [-0.15, -0.1) is 0 Å². The first-order valence-electron chi connectivity index (χ1n) is 15.1. The van der Waals surface area contributed by atoms with E-state index < -0.39 is 34.4 Å². The molecule has 1 N–H and O–H groups in total. The molecule has 5 aromatic carbocycles. The Labute approximate surface area is 290 Å². The van der Waals surface area contributed by atoms with Gasteiger partial charge in [0, 0.05) is 35.6 Å². The van der Waals surface area contributed by atoms with Crippen molar-refractivity contribution in [1.29, 1.82) is 0 Å². The summed E-state index contributed by atoms with van der Waals surface area (Å²) in [6.45, 7) is -0.772. The third-order valence-corrected chi connectivity index (χ3v) is 10.1. The molecule has 2 amide bonds. The number of nitrogens with one attached hydrogen (secondary N) is 1. The molecule has 0 aliphatic heterocycles. The van der Waals surface area contributed by atoms with Crippen molar-refractivity contribution in [3.05, 3.63) is 155 Å². The molecule has 5 rings (SSSR count). The van der Waals surface area contributed by atoms with E-state index in [9.17, 15) is 18.0 Å². The highest BCUT2D eigenvalue weighted by atomic mass is 35.5. The van der Waals surface area contributed by atoms with Crippen molar-refractivity contribution in [2.45, 2.75) is 23.9 Å². The number of sulfonamides is 1. The van der Waals surface area contributed by atoms with Crippen molar-refractivity contribution in [2.24, 2.45) is 0 Å². The van der Waals surface area contributed by atoms with Crippen LogP contribution in [0.1, 0.15) is 11.1 Å². The van der Waals surface area contributed by atoms with Crippen LogP contribution in [-0.2, 0) is 32.6 Å². The molecule has 5 aromatic rings. The highest BCUT2D eigenvalue weighted by Gasteiger charge is 2.35. The number of para-hydroxylation sites is 1. The topological polar surface area (TPSA) is 96.0 Å². The van der Waals surface area contributed by atoms with Crippen LogP contribution in [0.4, 0.5) is 5.69 Å². The lowest BCUT2D eigenvalue weighted by Crippen LogP contribution is -2.53. The van der Waals surface area contributed by atoms with Gasteiger partial charge < -0.3 is 15.0 Å². The van der Waals surface area contributed by atoms with Crippen LogP contribution in [0.3, 0.4) is 0 Å². The Morgan fingerprint density at radius 2 is 1.27 bits per heavy atom. The third kappa shape index (κ3) is 8.36. The lowest BCUT2D eigenvalue weighted by atomic mass is 10.0. The Bertz CT molecular complexity index is 1930. The van der Waals surface area contributed by atoms with Gasteiger partial charge in [0.2, 0.25) is 11.8 Å². The van der Waals surface area contributed by atoms with Crippen LogP contribution >= 0.6 is 23.2 Å². The SMILES string of the molecule is CNC(=O)C(Cc1ccccc1)N(Cc1c(Cl)cccc1Cl)C(=O)CN(c1ccc(Oc2ccccc2)cc1)S(=O)(=O)c1ccccc1. The number of halogens is 2. The standard InChI is InChI=1S/C37H33Cl2N3O5S/c1-40-37(44)35(24-27-12-5-2-6-13-27)41(25-32-33(38)18-11-19-34(32)39)36(43)26-42(48(45,46)31-16-9-4-10-17-31)28-20-22-30(23-21-28)47-29-14-7-3-8-15-29/h2-23,35H,24-26H2,1H3,(H,40,44). The fraction of sp³-hybridized carbons (Fsp3) is 0.135. The molecular formula is C37H33Cl2N3O5S. The molecule has 48 heavy (non-hydrogen) atoms. The molecule has 0 bridgehead atoms. The normalized spacial score (nSPS) is 11.7. The molecular weight excluding hydrogens is 669 g/mol. The fourth-order valence-electron chi connectivity index (χ4n) is 5.13. The van der Waals surface area contributed by atoms with Gasteiger partial charge in [0.25, 0.3) is 10.0 Å². The van der Waals surface area contributed by atoms with Gasteiger partial charge in [0.1, 0.15) is 24.1 Å². The van der Waals surface area contributed by atoms with Gasteiger partial charge in [-0.1, -0.05) is 96.0 Å². The van der Waals surface area contributed by atoms with E-state index in [-0.39, 0.29) is 23.5 Å². The minimum absolute atomic E-state index is 0.00440. The first-order chi connectivity index (χ1) is 23.2. The zero-order chi connectivity index (χ0) is 34.1. The van der Waals surface area contributed by atoms with E-state index in [1.54, 1.807) is 72.8 Å². The second kappa shape index (κ2) is 15.8. The second-order valence-corrected chi connectivity index (χ2v) is 13.5. The summed E-state index contributed by atoms with van der Waals surface area (Å²) in [5.74, 6) is 0.0162. The van der Waals surface area contributed by atoms with E-state index in [4.69, 9.17) is 27.9 Å². The second-order valence-electron chi connectivity index (χ2n) is 10.8. The van der Waals surface area contributed by atoms with E-state index in [0.717, 1.165) is 9.87 Å². The van der Waals surface area contributed by atoms with E-state index in [0.29, 0.717) is 27.1 Å². The fourth-order valence-corrected chi connectivity index (χ4v) is 7.08. The number of benzene rings is 5. The molecule has 0 saturated heterocycles. The molecule has 0 aromatic heterocycles. The minimum Gasteiger partial charge on any atom is -0.457 e. The van der Waals surface area contributed by atoms with Crippen LogP contribution in [0.15, 0.2) is 138 Å². The first kappa shape index (κ1) is 34.5. The number of rotatable bonds is 13. The Hall–Kier alpha value is -4.83. The molecule has 8 nitrogen and oxygen atoms in total. The number of anilines is 1. The zero-order valence-corrected chi connectivity index (χ0v) is 28.3. The summed E-state index contributed by atoms with van der Waals surface area (Å²) in [7, 11) is -2.78. The van der Waals surface area contributed by atoms with Gasteiger partial charge in [-0.2, -0.15) is 0 Å². The Kier molecular flexibility index (Phi) is 11.4. The maximum Gasteiger partial charge on any atom is 0.264 e. The van der Waals surface area contributed by atoms with Crippen molar-refractivity contribution in [2.75, 3.05) is 17.9 Å². The molecule has 0 saturated carbocycles. The highest BCUT2D eigenvalue weighted by Crippen LogP contribution is 2.30. The van der Waals surface area contributed by atoms with Crippen molar-refractivity contribution in [3.8, 4) is 11.5 Å². The van der Waals surface area contributed by atoms with E-state index >= 15 is 0 Å². The smallest absolute Gasteiger partial charge is 0.264 e. The number of likely N-dealkylation sites (N-methyl/N-ethyl adjacent to an activating group) is 1. The monoisotopic (exact) mass is 701 g/mol. The van der Waals surface area contributed by atoms with Crippen molar-refractivity contribution in [3.63, 3.8) is 0 Å². The Balaban J connectivity index is 1.56. The third-order valence-electron chi connectivity index (χ3n) is 7.62. The predicted molar refractivity (Wildman–Crippen MR) is 189 cm³/mol. The number of hydrogen-bond donors (Lipinski definition) is 1. The molecule has 0 spiro atoms. The van der Waals surface area contributed by atoms with Crippen LogP contribution in [0.2, 0.25) is 10.0 Å². The molecule has 1 atom stereocenters. The molecule has 0 radical (unpaired) electrons. The van der Waals surface area contributed by atoms with Crippen LogP contribution in [-0.4, -0.2) is 44.8 Å². The minimum atomic E-state index is -4.26. The van der Waals surface area contributed by atoms with Crippen LogP contribution in [0.5, 0.6) is 11.5 Å². The van der Waals surface area contributed by atoms with Crippen LogP contribution in [0, 0.1) is 0 Å². The number of amides is 2. The van der Waals surface area contributed by atoms with Gasteiger partial charge in [-0.3, -0.25) is 13.9 Å². The number of ether oxygens (including phenoxy) is 1. The largest absolute Gasteiger partial charge is 0.457 e. The van der Waals surface area contributed by atoms with Crippen molar-refractivity contribution < 1.29 is 22.7 Å². The van der Waals surface area contributed by atoms with Crippen LogP contribution in [0.25, 0.3) is 0 Å². The summed E-state index contributed by atoms with van der Waals surface area (Å²) in [5, 5.41) is 3.27. The van der Waals surface area contributed by atoms with Gasteiger partial charge in [0.15, 0.2) is 0 Å². The summed E-state index contributed by atoms with van der Waals surface area (Å²) < 4.78 is 35.3. The molecule has 1 unspecified atom stereocenters. The molecule has 0 fully saturated rings. The van der Waals surface area contributed by atoms with Gasteiger partial charge in [-0.05, 0) is 66.2 Å². The predicted octanol–water partition coefficient (Wildman–Crippen LogP) is 7.37. The average Bonchev–Trinajstić information content (AvgIpc) is 3.11. The summed E-state index contributed by atoms with van der Waals surface area (Å²) in [4.78, 5) is 29.3. The van der Waals surface area contributed by atoms with Crippen molar-refractivity contribution >= 4 is 50.7 Å². The highest BCUT2D eigenvalue weighted by molar-refractivity contribution is 7.92. The molecule has 0 heterocycles. The molecule has 246 valence electrons. The van der Waals surface area contributed by atoms with Crippen molar-refractivity contribution in [1.82, 2.24) is 10.2 Å². The van der Waals surface area contributed by atoms with Gasteiger partial charge in [0.05, 0.1) is 10.6 Å². The van der Waals surface area contributed by atoms with Crippen LogP contribution < -0.4 is 14.4 Å². The summed E-state index contributed by atoms with van der Waals surface area (Å²) in [5.41, 5.74) is 1.45. The van der Waals surface area contributed by atoms with E-state index in [1.165, 1.54) is 24.1 Å². The number of hydrogen-bond acceptors (Lipinski definition) is 5. The van der Waals surface area contributed by atoms with E-state index in [2.05, 4.69) is 5.32 Å². The summed E-state index contributed by atoms with van der Waals surface area (Å²) >= 11 is 13.1. The summed E-state index contributed by atoms with van der Waals surface area (Å²) in [6.07, 6.45) is 0.158. The molecule has 0 aliphatic carbocycles. The Morgan fingerprint density at radius 3 is 1.85 bits per heavy atom. The summed E-state index contributed by atoms with van der Waals surface area (Å²) in [6, 6.07) is 36.6. The maximum atomic E-state index is 14.5. The lowest BCUT2D eigenvalue weighted by molar-refractivity contribution is -0.139. The molecule has 11 heteroatoms.